The van der Waals surface area contributed by atoms with Crippen LogP contribution in [-0.2, 0) is 11.2 Å². The van der Waals surface area contributed by atoms with Crippen molar-refractivity contribution in [3.63, 3.8) is 0 Å². The molecule has 1 unspecified atom stereocenters. The molecule has 0 saturated carbocycles. The van der Waals surface area contributed by atoms with Crippen molar-refractivity contribution < 1.29 is 4.74 Å². The van der Waals surface area contributed by atoms with Gasteiger partial charge in [0.15, 0.2) is 0 Å². The summed E-state index contributed by atoms with van der Waals surface area (Å²) >= 11 is 0. The topological polar surface area (TPSA) is 21.3 Å². The maximum absolute atomic E-state index is 5.50. The molecule has 1 aromatic rings. The van der Waals surface area contributed by atoms with Crippen LogP contribution < -0.4 is 5.32 Å². The highest BCUT2D eigenvalue weighted by Crippen LogP contribution is 2.17. The number of hydrogen-bond acceptors (Lipinski definition) is 2. The summed E-state index contributed by atoms with van der Waals surface area (Å²) in [6.07, 6.45) is 8.67. The molecule has 2 heteroatoms. The minimum absolute atomic E-state index is 0.577. The second kappa shape index (κ2) is 8.21. The zero-order valence-corrected chi connectivity index (χ0v) is 12.2. The Hall–Kier alpha value is -1.02. The van der Waals surface area contributed by atoms with E-state index in [1.807, 2.05) is 0 Å². The first-order chi connectivity index (χ1) is 9.38. The molecule has 1 N–H and O–H groups in total. The molecule has 0 aliphatic carbocycles. The predicted octanol–water partition coefficient (Wildman–Crippen LogP) is 4.40. The van der Waals surface area contributed by atoms with E-state index in [1.165, 1.54) is 49.8 Å². The molecule has 1 aliphatic heterocycles. The molecular weight excluding hydrogens is 234 g/mol. The molecule has 1 atom stereocenters. The Morgan fingerprint density at radius 3 is 2.74 bits per heavy atom. The van der Waals surface area contributed by atoms with Gasteiger partial charge in [0.2, 0.25) is 0 Å². The van der Waals surface area contributed by atoms with Crippen LogP contribution in [0.25, 0.3) is 0 Å². The van der Waals surface area contributed by atoms with E-state index in [9.17, 15) is 0 Å². The fourth-order valence-corrected chi connectivity index (χ4v) is 2.63. The van der Waals surface area contributed by atoms with Crippen LogP contribution in [0.2, 0.25) is 0 Å². The van der Waals surface area contributed by atoms with E-state index in [4.69, 9.17) is 4.74 Å². The van der Waals surface area contributed by atoms with Crippen LogP contribution in [0.15, 0.2) is 24.3 Å². The van der Waals surface area contributed by atoms with Gasteiger partial charge in [0, 0.05) is 24.9 Å². The molecule has 19 heavy (non-hydrogen) atoms. The number of benzene rings is 1. The minimum Gasteiger partial charge on any atom is -0.382 e. The Morgan fingerprint density at radius 1 is 1.11 bits per heavy atom. The van der Waals surface area contributed by atoms with Crippen LogP contribution in [0.5, 0.6) is 0 Å². The second-order valence-corrected chi connectivity index (χ2v) is 5.54. The molecule has 0 bridgehead atoms. The highest BCUT2D eigenvalue weighted by Gasteiger charge is 2.11. The van der Waals surface area contributed by atoms with Crippen molar-refractivity contribution in [3.05, 3.63) is 29.8 Å². The van der Waals surface area contributed by atoms with Gasteiger partial charge in [-0.1, -0.05) is 31.9 Å². The van der Waals surface area contributed by atoms with E-state index < -0.39 is 0 Å². The molecular formula is C17H27NO. The molecule has 0 amide bonds. The van der Waals surface area contributed by atoms with Gasteiger partial charge in [-0.3, -0.25) is 0 Å². The molecule has 1 saturated heterocycles. The van der Waals surface area contributed by atoms with Gasteiger partial charge >= 0.3 is 0 Å². The van der Waals surface area contributed by atoms with Gasteiger partial charge in [0.05, 0.1) is 0 Å². The molecule has 1 heterocycles. The Morgan fingerprint density at radius 2 is 1.95 bits per heavy atom. The SMILES string of the molecule is CCCCCc1ccc(NC2CCCOCC2)cc1. The van der Waals surface area contributed by atoms with Gasteiger partial charge in [0.1, 0.15) is 0 Å². The third-order valence-corrected chi connectivity index (χ3v) is 3.85. The quantitative estimate of drug-likeness (QED) is 0.766. The molecule has 2 nitrogen and oxygen atoms in total. The smallest absolute Gasteiger partial charge is 0.0485 e. The highest BCUT2D eigenvalue weighted by atomic mass is 16.5. The Balaban J connectivity index is 1.80. The third kappa shape index (κ3) is 5.23. The van der Waals surface area contributed by atoms with Crippen molar-refractivity contribution in [2.45, 2.75) is 57.9 Å². The van der Waals surface area contributed by atoms with Gasteiger partial charge in [-0.15, -0.1) is 0 Å². The molecule has 2 rings (SSSR count). The average molecular weight is 261 g/mol. The molecule has 1 aromatic carbocycles. The van der Waals surface area contributed by atoms with Crippen LogP contribution in [0.4, 0.5) is 5.69 Å². The van der Waals surface area contributed by atoms with Crippen LogP contribution in [-0.4, -0.2) is 19.3 Å². The van der Waals surface area contributed by atoms with Crippen LogP contribution in [0, 0.1) is 0 Å². The average Bonchev–Trinajstić information content (AvgIpc) is 2.70. The van der Waals surface area contributed by atoms with Crippen LogP contribution in [0.3, 0.4) is 0 Å². The molecule has 0 spiro atoms. The summed E-state index contributed by atoms with van der Waals surface area (Å²) in [5.74, 6) is 0. The Labute approximate surface area is 117 Å². The number of rotatable bonds is 6. The summed E-state index contributed by atoms with van der Waals surface area (Å²) in [6.45, 7) is 4.07. The lowest BCUT2D eigenvalue weighted by molar-refractivity contribution is 0.144. The molecule has 106 valence electrons. The van der Waals surface area contributed by atoms with E-state index in [-0.39, 0.29) is 0 Å². The maximum Gasteiger partial charge on any atom is 0.0485 e. The number of aryl methyl sites for hydroxylation is 1. The van der Waals surface area contributed by atoms with Gasteiger partial charge < -0.3 is 10.1 Å². The zero-order chi connectivity index (χ0) is 13.3. The lowest BCUT2D eigenvalue weighted by Gasteiger charge is -2.17. The van der Waals surface area contributed by atoms with Crippen molar-refractivity contribution in [3.8, 4) is 0 Å². The Kier molecular flexibility index (Phi) is 6.22. The molecule has 1 fully saturated rings. The fourth-order valence-electron chi connectivity index (χ4n) is 2.63. The summed E-state index contributed by atoms with van der Waals surface area (Å²) in [5, 5.41) is 3.64. The van der Waals surface area contributed by atoms with E-state index in [0.29, 0.717) is 6.04 Å². The number of ether oxygens (including phenoxy) is 1. The van der Waals surface area contributed by atoms with Crippen LogP contribution in [0.1, 0.15) is 51.0 Å². The summed E-state index contributed by atoms with van der Waals surface area (Å²) in [6, 6.07) is 9.57. The normalized spacial score (nSPS) is 19.9. The van der Waals surface area contributed by atoms with E-state index in [1.54, 1.807) is 0 Å². The van der Waals surface area contributed by atoms with Crippen LogP contribution >= 0.6 is 0 Å². The lowest BCUT2D eigenvalue weighted by atomic mass is 10.1. The third-order valence-electron chi connectivity index (χ3n) is 3.85. The maximum atomic E-state index is 5.50. The molecule has 0 radical (unpaired) electrons. The first-order valence-electron chi connectivity index (χ1n) is 7.81. The van der Waals surface area contributed by atoms with Gasteiger partial charge in [-0.2, -0.15) is 0 Å². The number of nitrogens with one attached hydrogen (secondary N) is 1. The standard InChI is InChI=1S/C17H27NO/c1-2-3-4-6-15-8-10-17(11-9-15)18-16-7-5-13-19-14-12-16/h8-11,16,18H,2-7,12-14H2,1H3. The van der Waals surface area contributed by atoms with Crippen molar-refractivity contribution in [2.75, 3.05) is 18.5 Å². The van der Waals surface area contributed by atoms with Crippen molar-refractivity contribution in [1.29, 1.82) is 0 Å². The van der Waals surface area contributed by atoms with Gasteiger partial charge in [0.25, 0.3) is 0 Å². The van der Waals surface area contributed by atoms with Gasteiger partial charge in [-0.25, -0.2) is 0 Å². The first kappa shape index (κ1) is 14.4. The zero-order valence-electron chi connectivity index (χ0n) is 12.2. The minimum atomic E-state index is 0.577. The second-order valence-electron chi connectivity index (χ2n) is 5.54. The van der Waals surface area contributed by atoms with E-state index >= 15 is 0 Å². The Bertz CT molecular complexity index is 339. The number of hydrogen-bond donors (Lipinski definition) is 1. The summed E-state index contributed by atoms with van der Waals surface area (Å²) in [4.78, 5) is 0. The first-order valence-corrected chi connectivity index (χ1v) is 7.81. The monoisotopic (exact) mass is 261 g/mol. The van der Waals surface area contributed by atoms with Crippen molar-refractivity contribution in [2.24, 2.45) is 0 Å². The molecule has 0 aromatic heterocycles. The largest absolute Gasteiger partial charge is 0.382 e. The lowest BCUT2D eigenvalue weighted by Crippen LogP contribution is -2.19. The number of unbranched alkanes of at least 4 members (excludes halogenated alkanes) is 2. The number of anilines is 1. The van der Waals surface area contributed by atoms with Crippen molar-refractivity contribution >= 4 is 5.69 Å². The fraction of sp³-hybridized carbons (Fsp3) is 0.647. The predicted molar refractivity (Wildman–Crippen MR) is 81.8 cm³/mol. The molecule has 1 aliphatic rings. The van der Waals surface area contributed by atoms with E-state index in [2.05, 4.69) is 36.5 Å². The summed E-state index contributed by atoms with van der Waals surface area (Å²) < 4.78 is 5.50. The van der Waals surface area contributed by atoms with E-state index in [0.717, 1.165) is 19.6 Å². The van der Waals surface area contributed by atoms with Gasteiger partial charge in [-0.05, 0) is 49.8 Å². The summed E-state index contributed by atoms with van der Waals surface area (Å²) in [5.41, 5.74) is 2.72. The summed E-state index contributed by atoms with van der Waals surface area (Å²) in [7, 11) is 0. The highest BCUT2D eigenvalue weighted by molar-refractivity contribution is 5.45. The van der Waals surface area contributed by atoms with Crippen molar-refractivity contribution in [1.82, 2.24) is 0 Å².